The number of carbonyl (C=O) groups excluding carboxylic acids is 1. The molecule has 1 unspecified atom stereocenters. The van der Waals surface area contributed by atoms with E-state index in [1.807, 2.05) is 38.1 Å². The average Bonchev–Trinajstić information content (AvgIpc) is 2.71. The molecule has 90 valence electrons. The van der Waals surface area contributed by atoms with Crippen molar-refractivity contribution in [2.24, 2.45) is 5.73 Å². The number of benzene rings is 1. The van der Waals surface area contributed by atoms with E-state index >= 15 is 0 Å². The van der Waals surface area contributed by atoms with E-state index in [2.05, 4.69) is 10.3 Å². The second-order valence-corrected chi connectivity index (χ2v) is 4.41. The Balaban J connectivity index is 2.24. The highest BCUT2D eigenvalue weighted by Crippen LogP contribution is 2.18. The van der Waals surface area contributed by atoms with Gasteiger partial charge in [0.2, 0.25) is 0 Å². The molecule has 4 nitrogen and oxygen atoms in total. The summed E-state index contributed by atoms with van der Waals surface area (Å²) in [5, 5.41) is 3.84. The maximum atomic E-state index is 11.8. The second kappa shape index (κ2) is 4.59. The minimum absolute atomic E-state index is 0.0370. The summed E-state index contributed by atoms with van der Waals surface area (Å²) in [6, 6.07) is 7.81. The molecule has 1 aromatic carbocycles. The van der Waals surface area contributed by atoms with Crippen LogP contribution in [0.3, 0.4) is 0 Å². The van der Waals surface area contributed by atoms with E-state index in [4.69, 9.17) is 5.73 Å². The molecule has 1 heterocycles. The van der Waals surface area contributed by atoms with Gasteiger partial charge >= 0.3 is 0 Å². The van der Waals surface area contributed by atoms with Gasteiger partial charge in [0.05, 0.1) is 0 Å². The van der Waals surface area contributed by atoms with Crippen LogP contribution in [0.25, 0.3) is 10.9 Å². The third-order valence-electron chi connectivity index (χ3n) is 2.69. The van der Waals surface area contributed by atoms with Gasteiger partial charge in [0.1, 0.15) is 5.69 Å². The first-order chi connectivity index (χ1) is 8.08. The summed E-state index contributed by atoms with van der Waals surface area (Å²) in [6.07, 6.45) is 0. The van der Waals surface area contributed by atoms with Gasteiger partial charge in [-0.15, -0.1) is 0 Å². The minimum Gasteiger partial charge on any atom is -0.350 e. The van der Waals surface area contributed by atoms with Gasteiger partial charge in [-0.1, -0.05) is 18.2 Å². The van der Waals surface area contributed by atoms with Crippen molar-refractivity contribution in [3.8, 4) is 0 Å². The molecule has 0 bridgehead atoms. The zero-order valence-electron chi connectivity index (χ0n) is 10.1. The Morgan fingerprint density at radius 3 is 2.94 bits per heavy atom. The highest BCUT2D eigenvalue weighted by atomic mass is 16.1. The van der Waals surface area contributed by atoms with Crippen molar-refractivity contribution in [3.05, 3.63) is 35.5 Å². The smallest absolute Gasteiger partial charge is 0.267 e. The number of aryl methyl sites for hydroxylation is 1. The molecule has 0 fully saturated rings. The Hall–Kier alpha value is -1.81. The second-order valence-electron chi connectivity index (χ2n) is 4.41. The monoisotopic (exact) mass is 231 g/mol. The standard InChI is InChI=1S/C13H17N3O/c1-8-4-3-5-10-6-11(16-12(8)10)13(17)15-7-9(2)14/h3-6,9,16H,7,14H2,1-2H3,(H,15,17). The van der Waals surface area contributed by atoms with Crippen LogP contribution in [0.15, 0.2) is 24.3 Å². The lowest BCUT2D eigenvalue weighted by Gasteiger charge is -2.05. The summed E-state index contributed by atoms with van der Waals surface area (Å²) >= 11 is 0. The molecule has 4 N–H and O–H groups in total. The zero-order chi connectivity index (χ0) is 12.4. The minimum atomic E-state index is -0.113. The third-order valence-corrected chi connectivity index (χ3v) is 2.69. The molecule has 0 aliphatic rings. The van der Waals surface area contributed by atoms with Gasteiger partial charge in [-0.05, 0) is 25.5 Å². The quantitative estimate of drug-likeness (QED) is 0.750. The van der Waals surface area contributed by atoms with Crippen LogP contribution in [-0.4, -0.2) is 23.5 Å². The van der Waals surface area contributed by atoms with Crippen LogP contribution in [0.2, 0.25) is 0 Å². The van der Waals surface area contributed by atoms with Crippen molar-refractivity contribution in [1.29, 1.82) is 0 Å². The van der Waals surface area contributed by atoms with Gasteiger partial charge < -0.3 is 16.0 Å². The molecule has 2 aromatic rings. The van der Waals surface area contributed by atoms with E-state index in [9.17, 15) is 4.79 Å². The van der Waals surface area contributed by atoms with Gasteiger partial charge in [-0.25, -0.2) is 0 Å². The van der Waals surface area contributed by atoms with E-state index in [0.29, 0.717) is 12.2 Å². The van der Waals surface area contributed by atoms with Crippen LogP contribution in [0.5, 0.6) is 0 Å². The molecule has 0 aliphatic carbocycles. The maximum Gasteiger partial charge on any atom is 0.267 e. The molecule has 4 heteroatoms. The lowest BCUT2D eigenvalue weighted by molar-refractivity contribution is 0.0947. The fourth-order valence-corrected chi connectivity index (χ4v) is 1.78. The first-order valence-corrected chi connectivity index (χ1v) is 5.70. The predicted molar refractivity (Wildman–Crippen MR) is 69.0 cm³/mol. The zero-order valence-corrected chi connectivity index (χ0v) is 10.1. The van der Waals surface area contributed by atoms with Crippen LogP contribution in [0, 0.1) is 6.92 Å². The number of nitrogens with two attached hydrogens (primary N) is 1. The molecular formula is C13H17N3O. The molecule has 1 amide bonds. The van der Waals surface area contributed by atoms with E-state index in [1.54, 1.807) is 0 Å². The molecule has 2 rings (SSSR count). The van der Waals surface area contributed by atoms with E-state index in [0.717, 1.165) is 16.5 Å². The molecule has 0 saturated heterocycles. The topological polar surface area (TPSA) is 70.9 Å². The van der Waals surface area contributed by atoms with Gasteiger partial charge in [-0.3, -0.25) is 4.79 Å². The number of hydrogen-bond acceptors (Lipinski definition) is 2. The number of hydrogen-bond donors (Lipinski definition) is 3. The summed E-state index contributed by atoms with van der Waals surface area (Å²) in [5.74, 6) is -0.113. The molecule has 17 heavy (non-hydrogen) atoms. The number of aromatic nitrogens is 1. The summed E-state index contributed by atoms with van der Waals surface area (Å²) < 4.78 is 0. The fraction of sp³-hybridized carbons (Fsp3) is 0.308. The Bertz CT molecular complexity index is 543. The van der Waals surface area contributed by atoms with Gasteiger partial charge in [0.15, 0.2) is 0 Å². The third kappa shape index (κ3) is 2.47. The lowest BCUT2D eigenvalue weighted by atomic mass is 10.2. The lowest BCUT2D eigenvalue weighted by Crippen LogP contribution is -2.35. The first-order valence-electron chi connectivity index (χ1n) is 5.70. The average molecular weight is 231 g/mol. The van der Waals surface area contributed by atoms with E-state index in [-0.39, 0.29) is 11.9 Å². The number of rotatable bonds is 3. The van der Waals surface area contributed by atoms with Crippen molar-refractivity contribution < 1.29 is 4.79 Å². The van der Waals surface area contributed by atoms with Crippen LogP contribution >= 0.6 is 0 Å². The van der Waals surface area contributed by atoms with Crippen molar-refractivity contribution in [2.45, 2.75) is 19.9 Å². The van der Waals surface area contributed by atoms with E-state index < -0.39 is 0 Å². The Morgan fingerprint density at radius 1 is 1.53 bits per heavy atom. The Morgan fingerprint density at radius 2 is 2.29 bits per heavy atom. The number of nitrogens with one attached hydrogen (secondary N) is 2. The number of fused-ring (bicyclic) bond motifs is 1. The number of para-hydroxylation sites is 1. The van der Waals surface area contributed by atoms with Gasteiger partial charge in [0, 0.05) is 23.5 Å². The Kier molecular flexibility index (Phi) is 3.15. The Labute approximate surface area is 100 Å². The summed E-state index contributed by atoms with van der Waals surface area (Å²) in [5.41, 5.74) is 8.32. The van der Waals surface area contributed by atoms with Crippen molar-refractivity contribution in [2.75, 3.05) is 6.54 Å². The molecule has 0 saturated carbocycles. The number of amides is 1. The van der Waals surface area contributed by atoms with Crippen molar-refractivity contribution in [1.82, 2.24) is 10.3 Å². The number of H-pyrrole nitrogens is 1. The maximum absolute atomic E-state index is 11.8. The summed E-state index contributed by atoms with van der Waals surface area (Å²) in [4.78, 5) is 15.0. The fourth-order valence-electron chi connectivity index (χ4n) is 1.78. The normalized spacial score (nSPS) is 12.6. The largest absolute Gasteiger partial charge is 0.350 e. The molecule has 0 radical (unpaired) electrons. The van der Waals surface area contributed by atoms with Gasteiger partial charge in [0.25, 0.3) is 5.91 Å². The molecule has 1 aromatic heterocycles. The molecule has 0 aliphatic heterocycles. The van der Waals surface area contributed by atoms with Gasteiger partial charge in [-0.2, -0.15) is 0 Å². The van der Waals surface area contributed by atoms with Crippen LogP contribution in [-0.2, 0) is 0 Å². The summed E-state index contributed by atoms with van der Waals surface area (Å²) in [7, 11) is 0. The van der Waals surface area contributed by atoms with E-state index in [1.165, 1.54) is 0 Å². The van der Waals surface area contributed by atoms with Crippen LogP contribution in [0.4, 0.5) is 0 Å². The van der Waals surface area contributed by atoms with Crippen LogP contribution < -0.4 is 11.1 Å². The number of carbonyl (C=O) groups is 1. The summed E-state index contributed by atoms with van der Waals surface area (Å²) in [6.45, 7) is 4.35. The molecule has 1 atom stereocenters. The highest BCUT2D eigenvalue weighted by molar-refractivity contribution is 5.98. The molecular weight excluding hydrogens is 214 g/mol. The highest BCUT2D eigenvalue weighted by Gasteiger charge is 2.10. The number of aromatic amines is 1. The first kappa shape index (κ1) is 11.7. The van der Waals surface area contributed by atoms with Crippen LogP contribution in [0.1, 0.15) is 23.0 Å². The van der Waals surface area contributed by atoms with Crippen molar-refractivity contribution >= 4 is 16.8 Å². The SMILES string of the molecule is Cc1cccc2cc(C(=O)NCC(C)N)[nH]c12. The predicted octanol–water partition coefficient (Wildman–Crippen LogP) is 1.55. The molecule has 0 spiro atoms. The van der Waals surface area contributed by atoms with Crippen molar-refractivity contribution in [3.63, 3.8) is 0 Å².